The SMILES string of the molecule is CC(=O)c1cccc(Oc2cccc(Nc3ncnc4c3[N]C=C4)c2Cl)c1. The Morgan fingerprint density at radius 3 is 2.85 bits per heavy atom. The van der Waals surface area contributed by atoms with Crippen LogP contribution < -0.4 is 15.4 Å². The van der Waals surface area contributed by atoms with Gasteiger partial charge in [-0.25, -0.2) is 9.97 Å². The van der Waals surface area contributed by atoms with Crippen LogP contribution in [0.3, 0.4) is 0 Å². The van der Waals surface area contributed by atoms with Crippen LogP contribution in [-0.4, -0.2) is 15.8 Å². The minimum atomic E-state index is -0.0306. The molecule has 133 valence electrons. The average Bonchev–Trinajstić information content (AvgIpc) is 3.15. The monoisotopic (exact) mass is 377 g/mol. The van der Waals surface area contributed by atoms with Crippen LogP contribution in [0.25, 0.3) is 6.08 Å². The predicted octanol–water partition coefficient (Wildman–Crippen LogP) is 5.09. The van der Waals surface area contributed by atoms with Crippen molar-refractivity contribution < 1.29 is 9.53 Å². The molecule has 0 fully saturated rings. The van der Waals surface area contributed by atoms with Crippen molar-refractivity contribution in [2.75, 3.05) is 5.32 Å². The fourth-order valence-electron chi connectivity index (χ4n) is 2.63. The number of anilines is 2. The highest BCUT2D eigenvalue weighted by Crippen LogP contribution is 2.38. The second-order valence-electron chi connectivity index (χ2n) is 5.83. The van der Waals surface area contributed by atoms with Crippen LogP contribution in [0.4, 0.5) is 17.2 Å². The molecule has 6 nitrogen and oxygen atoms in total. The second-order valence-corrected chi connectivity index (χ2v) is 6.21. The zero-order valence-electron chi connectivity index (χ0n) is 14.3. The Bertz CT molecular complexity index is 1070. The molecule has 0 atom stereocenters. The molecule has 1 N–H and O–H groups in total. The van der Waals surface area contributed by atoms with Crippen molar-refractivity contribution in [2.45, 2.75) is 6.92 Å². The number of nitrogens with one attached hydrogen (secondary N) is 1. The van der Waals surface area contributed by atoms with Crippen LogP contribution in [0, 0.1) is 0 Å². The Morgan fingerprint density at radius 1 is 1.15 bits per heavy atom. The van der Waals surface area contributed by atoms with Gasteiger partial charge in [0.25, 0.3) is 0 Å². The number of carbonyl (C=O) groups excluding carboxylic acids is 1. The average molecular weight is 378 g/mol. The third kappa shape index (κ3) is 3.47. The third-order valence-corrected chi connectivity index (χ3v) is 4.36. The molecular formula is C20H14ClN4O2. The molecule has 4 rings (SSSR count). The minimum absolute atomic E-state index is 0.0306. The Labute approximate surface area is 160 Å². The standard InChI is InChI=1S/C20H14ClN4O2/c1-12(26)13-4-2-5-14(10-13)27-17-7-3-6-15(18(17)21)25-20-19-16(8-9-22-19)23-11-24-20/h2-11H,1H3,(H,23,24,25). The molecule has 0 spiro atoms. The number of nitrogens with zero attached hydrogens (tertiary/aromatic N) is 3. The van der Waals surface area contributed by atoms with E-state index >= 15 is 0 Å². The molecular weight excluding hydrogens is 364 g/mol. The van der Waals surface area contributed by atoms with Gasteiger partial charge in [-0.3, -0.25) is 10.1 Å². The molecule has 1 aliphatic heterocycles. The van der Waals surface area contributed by atoms with Crippen molar-refractivity contribution in [2.24, 2.45) is 0 Å². The first kappa shape index (κ1) is 17.1. The summed E-state index contributed by atoms with van der Waals surface area (Å²) in [4.78, 5) is 20.0. The van der Waals surface area contributed by atoms with E-state index in [0.29, 0.717) is 39.3 Å². The van der Waals surface area contributed by atoms with Crippen LogP contribution in [0.2, 0.25) is 5.02 Å². The van der Waals surface area contributed by atoms with Crippen LogP contribution in [0.1, 0.15) is 23.0 Å². The fourth-order valence-corrected chi connectivity index (χ4v) is 2.85. The molecule has 0 saturated carbocycles. The normalized spacial score (nSPS) is 11.6. The number of fused-ring (bicyclic) bond motifs is 1. The van der Waals surface area contributed by atoms with Gasteiger partial charge < -0.3 is 10.1 Å². The Hall–Kier alpha value is -3.38. The molecule has 0 amide bonds. The topological polar surface area (TPSA) is 78.2 Å². The van der Waals surface area contributed by atoms with E-state index in [1.165, 1.54) is 13.3 Å². The van der Waals surface area contributed by atoms with E-state index in [0.717, 1.165) is 5.69 Å². The third-order valence-electron chi connectivity index (χ3n) is 3.97. The zero-order valence-corrected chi connectivity index (χ0v) is 15.1. The van der Waals surface area contributed by atoms with Crippen molar-refractivity contribution in [3.05, 3.63) is 71.3 Å². The van der Waals surface area contributed by atoms with Crippen LogP contribution in [0.15, 0.2) is 55.0 Å². The molecule has 0 unspecified atom stereocenters. The Balaban J connectivity index is 1.61. The summed E-state index contributed by atoms with van der Waals surface area (Å²) in [5.74, 6) is 1.52. The van der Waals surface area contributed by atoms with E-state index in [2.05, 4.69) is 20.6 Å². The second kappa shape index (κ2) is 7.09. The molecule has 27 heavy (non-hydrogen) atoms. The predicted molar refractivity (Wildman–Crippen MR) is 104 cm³/mol. The summed E-state index contributed by atoms with van der Waals surface area (Å²) in [6.45, 7) is 1.51. The summed E-state index contributed by atoms with van der Waals surface area (Å²) in [5, 5.41) is 7.84. The summed E-state index contributed by atoms with van der Waals surface area (Å²) in [6.07, 6.45) is 4.95. The quantitative estimate of drug-likeness (QED) is 0.626. The number of halogens is 1. The summed E-state index contributed by atoms with van der Waals surface area (Å²) < 4.78 is 5.88. The van der Waals surface area contributed by atoms with Crippen molar-refractivity contribution >= 4 is 40.7 Å². The molecule has 0 aliphatic carbocycles. The Kier molecular flexibility index (Phi) is 4.48. The summed E-state index contributed by atoms with van der Waals surface area (Å²) in [6, 6.07) is 12.3. The van der Waals surface area contributed by atoms with E-state index in [1.807, 2.05) is 18.2 Å². The first-order valence-electron chi connectivity index (χ1n) is 8.18. The number of benzene rings is 2. The molecule has 7 heteroatoms. The molecule has 1 aliphatic rings. The van der Waals surface area contributed by atoms with Gasteiger partial charge in [-0.05, 0) is 37.3 Å². The molecule has 0 bridgehead atoms. The number of ketones is 1. The van der Waals surface area contributed by atoms with Gasteiger partial charge in [0, 0.05) is 11.8 Å². The van der Waals surface area contributed by atoms with E-state index in [4.69, 9.17) is 16.3 Å². The van der Waals surface area contributed by atoms with Crippen LogP contribution in [0.5, 0.6) is 11.5 Å². The highest BCUT2D eigenvalue weighted by molar-refractivity contribution is 6.34. The summed E-state index contributed by atoms with van der Waals surface area (Å²) in [7, 11) is 0. The van der Waals surface area contributed by atoms with Gasteiger partial charge in [0.05, 0.1) is 11.4 Å². The summed E-state index contributed by atoms with van der Waals surface area (Å²) in [5.41, 5.74) is 2.61. The number of hydrogen-bond acceptors (Lipinski definition) is 5. The van der Waals surface area contributed by atoms with Gasteiger partial charge in [-0.1, -0.05) is 29.8 Å². The van der Waals surface area contributed by atoms with Crippen molar-refractivity contribution in [3.8, 4) is 11.5 Å². The van der Waals surface area contributed by atoms with Crippen LogP contribution in [-0.2, 0) is 0 Å². The maximum atomic E-state index is 11.5. The fraction of sp³-hybridized carbons (Fsp3) is 0.0500. The molecule has 2 heterocycles. The molecule has 1 aromatic heterocycles. The highest BCUT2D eigenvalue weighted by Gasteiger charge is 2.16. The van der Waals surface area contributed by atoms with Crippen LogP contribution >= 0.6 is 11.6 Å². The van der Waals surface area contributed by atoms with Gasteiger partial charge in [0.15, 0.2) is 11.6 Å². The van der Waals surface area contributed by atoms with Gasteiger partial charge in [-0.15, -0.1) is 0 Å². The number of rotatable bonds is 5. The molecule has 1 radical (unpaired) electrons. The lowest BCUT2D eigenvalue weighted by atomic mass is 10.1. The van der Waals surface area contributed by atoms with Crippen molar-refractivity contribution in [1.29, 1.82) is 0 Å². The summed E-state index contributed by atoms with van der Waals surface area (Å²) >= 11 is 6.52. The largest absolute Gasteiger partial charge is 0.456 e. The maximum Gasteiger partial charge on any atom is 0.160 e. The van der Waals surface area contributed by atoms with E-state index < -0.39 is 0 Å². The Morgan fingerprint density at radius 2 is 2.00 bits per heavy atom. The molecule has 3 aromatic rings. The lowest BCUT2D eigenvalue weighted by molar-refractivity contribution is 0.101. The van der Waals surface area contributed by atoms with Gasteiger partial charge >= 0.3 is 0 Å². The first-order chi connectivity index (χ1) is 13.1. The van der Waals surface area contributed by atoms with Crippen molar-refractivity contribution in [3.63, 3.8) is 0 Å². The number of ether oxygens (including phenoxy) is 1. The number of hydrogen-bond donors (Lipinski definition) is 1. The number of aromatic nitrogens is 2. The van der Waals surface area contributed by atoms with Gasteiger partial charge in [0.1, 0.15) is 28.5 Å². The van der Waals surface area contributed by atoms with E-state index in [1.54, 1.807) is 36.5 Å². The maximum absolute atomic E-state index is 11.5. The number of Topliss-reactive ketones (excluding diaryl/α,β-unsaturated/α-hetero) is 1. The highest BCUT2D eigenvalue weighted by atomic mass is 35.5. The smallest absolute Gasteiger partial charge is 0.160 e. The first-order valence-corrected chi connectivity index (χ1v) is 8.56. The number of carbonyl (C=O) groups is 1. The van der Waals surface area contributed by atoms with E-state index in [9.17, 15) is 4.79 Å². The zero-order chi connectivity index (χ0) is 18.8. The van der Waals surface area contributed by atoms with Gasteiger partial charge in [0.2, 0.25) is 0 Å². The molecule has 2 aromatic carbocycles. The van der Waals surface area contributed by atoms with E-state index in [-0.39, 0.29) is 5.78 Å². The minimum Gasteiger partial charge on any atom is -0.456 e. The molecule has 0 saturated heterocycles. The van der Waals surface area contributed by atoms with Gasteiger partial charge in [-0.2, -0.15) is 0 Å². The lowest BCUT2D eigenvalue weighted by Crippen LogP contribution is -2.00. The van der Waals surface area contributed by atoms with Crippen molar-refractivity contribution in [1.82, 2.24) is 15.3 Å². The lowest BCUT2D eigenvalue weighted by Gasteiger charge is -2.14.